The second kappa shape index (κ2) is 7.02. The highest BCUT2D eigenvalue weighted by Gasteiger charge is 2.85. The summed E-state index contributed by atoms with van der Waals surface area (Å²) in [5.74, 6) is 0.360. The number of fused-ring (bicyclic) bond motifs is 3. The molecule has 9 nitrogen and oxygen atoms in total. The highest BCUT2D eigenvalue weighted by molar-refractivity contribution is 9.09. The fourth-order valence-corrected chi connectivity index (χ4v) is 8.54. The van der Waals surface area contributed by atoms with Crippen molar-refractivity contribution in [2.24, 2.45) is 0 Å². The van der Waals surface area contributed by atoms with Gasteiger partial charge in [0.2, 0.25) is 5.91 Å². The number of ether oxygens (including phenoxy) is 4. The smallest absolute Gasteiger partial charge is 0.408 e. The molecule has 2 unspecified atom stereocenters. The molecule has 4 aliphatic rings. The Bertz CT molecular complexity index is 1120. The third-order valence-electron chi connectivity index (χ3n) is 7.99. The van der Waals surface area contributed by atoms with Crippen LogP contribution in [0.1, 0.15) is 57.3 Å². The molecule has 2 heterocycles. The molecule has 2 amide bonds. The van der Waals surface area contributed by atoms with E-state index in [0.717, 1.165) is 11.1 Å². The number of nitrogens with one attached hydrogen (secondary N) is 1. The van der Waals surface area contributed by atoms with Crippen LogP contribution in [-0.2, 0) is 24.5 Å². The third kappa shape index (κ3) is 2.47. The quantitative estimate of drug-likeness (QED) is 0.467. The summed E-state index contributed by atoms with van der Waals surface area (Å²) in [6, 6.07) is 3.65. The van der Waals surface area contributed by atoms with Crippen molar-refractivity contribution in [3.05, 3.63) is 23.3 Å². The van der Waals surface area contributed by atoms with Gasteiger partial charge in [0.05, 0.1) is 19.0 Å². The van der Waals surface area contributed by atoms with Crippen molar-refractivity contribution in [1.82, 2.24) is 10.2 Å². The second-order valence-electron chi connectivity index (χ2n) is 10.5. The molecular weight excluding hydrogens is 508 g/mol. The summed E-state index contributed by atoms with van der Waals surface area (Å²) in [4.78, 5) is 41.4. The highest BCUT2D eigenvalue weighted by atomic mass is 79.9. The molecule has 10 heteroatoms. The van der Waals surface area contributed by atoms with Crippen LogP contribution in [0.3, 0.4) is 0 Å². The molecule has 1 spiro atoms. The van der Waals surface area contributed by atoms with E-state index >= 15 is 0 Å². The number of esters is 1. The van der Waals surface area contributed by atoms with Gasteiger partial charge in [-0.15, -0.1) is 0 Å². The number of alkyl halides is 1. The molecule has 0 radical (unpaired) electrons. The van der Waals surface area contributed by atoms with E-state index in [2.05, 4.69) is 21.2 Å². The van der Waals surface area contributed by atoms with Crippen molar-refractivity contribution in [3.8, 4) is 11.5 Å². The molecule has 34 heavy (non-hydrogen) atoms. The first-order chi connectivity index (χ1) is 15.9. The van der Waals surface area contributed by atoms with Crippen LogP contribution in [0.5, 0.6) is 11.5 Å². The van der Waals surface area contributed by atoms with Gasteiger partial charge < -0.3 is 29.2 Å². The average molecular weight is 537 g/mol. The van der Waals surface area contributed by atoms with Crippen molar-refractivity contribution in [2.75, 3.05) is 21.3 Å². The van der Waals surface area contributed by atoms with Crippen molar-refractivity contribution >= 4 is 33.9 Å². The van der Waals surface area contributed by atoms with Gasteiger partial charge in [-0.3, -0.25) is 4.79 Å². The van der Waals surface area contributed by atoms with Crippen LogP contribution in [0.4, 0.5) is 4.79 Å². The van der Waals surface area contributed by atoms with Crippen LogP contribution in [0.15, 0.2) is 12.1 Å². The molecule has 2 aliphatic carbocycles. The molecule has 3 fully saturated rings. The van der Waals surface area contributed by atoms with Crippen LogP contribution in [0, 0.1) is 0 Å². The number of likely N-dealkylation sites (tertiary alicyclic amines) is 1. The maximum Gasteiger partial charge on any atom is 0.408 e. The average Bonchev–Trinajstić information content (AvgIpc) is 3.19. The number of methoxy groups -OCH3 is 2. The molecule has 2 aliphatic heterocycles. The Hall–Kier alpha value is -2.49. The number of halogens is 1. The molecule has 184 valence electrons. The minimum atomic E-state index is -1.51. The monoisotopic (exact) mass is 536 g/mol. The predicted molar refractivity (Wildman–Crippen MR) is 124 cm³/mol. The minimum absolute atomic E-state index is 0.120. The molecular formula is C24H29BrN2O7. The molecule has 1 saturated carbocycles. The van der Waals surface area contributed by atoms with Crippen molar-refractivity contribution < 1.29 is 33.3 Å². The Kier molecular flexibility index (Phi) is 4.80. The van der Waals surface area contributed by atoms with Gasteiger partial charge in [0.25, 0.3) is 0 Å². The Morgan fingerprint density at radius 1 is 1.21 bits per heavy atom. The number of carbonyl (C=O) groups is 3. The molecule has 2 bridgehead atoms. The third-order valence-corrected chi connectivity index (χ3v) is 9.13. The summed E-state index contributed by atoms with van der Waals surface area (Å²) in [5, 5.41) is 2.89. The van der Waals surface area contributed by atoms with Crippen molar-refractivity contribution in [1.29, 1.82) is 0 Å². The van der Waals surface area contributed by atoms with Crippen molar-refractivity contribution in [3.63, 3.8) is 0 Å². The van der Waals surface area contributed by atoms with Gasteiger partial charge in [0.1, 0.15) is 17.2 Å². The SMILES string of the molecule is COc1ccc2c(c1OC)[C@]13CCC4(NC(=O)OC(C)(C)C)C(=O)O[C@H]2[C@H](Br)C41N(C)C(=O)C3. The fraction of sp³-hybridized carbons (Fsp3) is 0.625. The first-order valence-corrected chi connectivity index (χ1v) is 12.2. The van der Waals surface area contributed by atoms with Gasteiger partial charge in [0.15, 0.2) is 17.0 Å². The van der Waals surface area contributed by atoms with E-state index in [4.69, 9.17) is 18.9 Å². The lowest BCUT2D eigenvalue weighted by Crippen LogP contribution is -2.82. The number of rotatable bonds is 3. The zero-order valence-electron chi connectivity index (χ0n) is 20.1. The molecule has 0 aromatic heterocycles. The van der Waals surface area contributed by atoms with Crippen molar-refractivity contribution in [2.45, 2.75) is 73.1 Å². The number of hydrogen-bond acceptors (Lipinski definition) is 7. The van der Waals surface area contributed by atoms with E-state index in [1.54, 1.807) is 53.0 Å². The van der Waals surface area contributed by atoms with Gasteiger partial charge in [-0.2, -0.15) is 0 Å². The van der Waals surface area contributed by atoms with E-state index in [0.29, 0.717) is 17.9 Å². The molecule has 2 saturated heterocycles. The van der Waals surface area contributed by atoms with Crippen LogP contribution in [0.2, 0.25) is 0 Å². The first kappa shape index (κ1) is 23.3. The molecule has 5 rings (SSSR count). The van der Waals surface area contributed by atoms with Crippen LogP contribution in [0.25, 0.3) is 0 Å². The number of alkyl carbamates (subject to hydrolysis) is 1. The Morgan fingerprint density at radius 2 is 1.91 bits per heavy atom. The normalized spacial score (nSPS) is 35.3. The lowest BCUT2D eigenvalue weighted by Gasteiger charge is -2.61. The molecule has 1 N–H and O–H groups in total. The topological polar surface area (TPSA) is 103 Å². The lowest BCUT2D eigenvalue weighted by molar-refractivity contribution is -0.181. The number of benzene rings is 1. The summed E-state index contributed by atoms with van der Waals surface area (Å²) in [5.41, 5.74) is -2.66. The minimum Gasteiger partial charge on any atom is -0.493 e. The van der Waals surface area contributed by atoms with E-state index in [9.17, 15) is 14.4 Å². The molecule has 1 aromatic carbocycles. The maximum absolute atomic E-state index is 13.8. The Balaban J connectivity index is 1.81. The number of amides is 2. The standard InChI is InChI=1S/C24H29BrN2O7/c1-21(2,3)34-20(30)26-23-10-9-22-11-14(28)27(4)24(22,23)18(25)16(33-19(23)29)12-7-8-13(31-5)17(32-6)15(12)22/h7-8,16,18H,9-11H2,1-6H3,(H,26,30)/t16-,18+,22-,23?,24?/m1/s1. The summed E-state index contributed by atoms with van der Waals surface area (Å²) in [7, 11) is 4.82. The highest BCUT2D eigenvalue weighted by Crippen LogP contribution is 2.73. The summed E-state index contributed by atoms with van der Waals surface area (Å²) in [6.45, 7) is 5.26. The fourth-order valence-electron chi connectivity index (χ4n) is 7.02. The van der Waals surface area contributed by atoms with Gasteiger partial charge in [-0.25, -0.2) is 9.59 Å². The van der Waals surface area contributed by atoms with Gasteiger partial charge in [-0.05, 0) is 39.7 Å². The molecule has 1 aromatic rings. The van der Waals surface area contributed by atoms with Gasteiger partial charge in [-0.1, -0.05) is 22.0 Å². The lowest BCUT2D eigenvalue weighted by atomic mass is 9.54. The Morgan fingerprint density at radius 3 is 2.53 bits per heavy atom. The van der Waals surface area contributed by atoms with Crippen LogP contribution >= 0.6 is 15.9 Å². The number of carbonyl (C=O) groups excluding carboxylic acids is 3. The number of likely N-dealkylation sites (N-methyl/N-ethyl adjacent to an activating group) is 1. The largest absolute Gasteiger partial charge is 0.493 e. The van der Waals surface area contributed by atoms with E-state index < -0.39 is 45.1 Å². The van der Waals surface area contributed by atoms with E-state index in [1.807, 2.05) is 6.07 Å². The Labute approximate surface area is 206 Å². The summed E-state index contributed by atoms with van der Waals surface area (Å²) in [6.07, 6.45) is -0.518. The van der Waals surface area contributed by atoms with E-state index in [1.165, 1.54) is 0 Å². The maximum atomic E-state index is 13.8. The predicted octanol–water partition coefficient (Wildman–Crippen LogP) is 2.97. The number of hydrogen-bond donors (Lipinski definition) is 1. The van der Waals surface area contributed by atoms with Gasteiger partial charge >= 0.3 is 12.1 Å². The summed E-state index contributed by atoms with van der Waals surface area (Å²) < 4.78 is 23.0. The zero-order chi connectivity index (χ0) is 24.8. The second-order valence-corrected chi connectivity index (χ2v) is 11.5. The first-order valence-electron chi connectivity index (χ1n) is 11.3. The molecule has 5 atom stereocenters. The van der Waals surface area contributed by atoms with E-state index in [-0.39, 0.29) is 18.7 Å². The zero-order valence-corrected chi connectivity index (χ0v) is 21.7. The summed E-state index contributed by atoms with van der Waals surface area (Å²) >= 11 is 3.84. The number of nitrogens with zero attached hydrogens (tertiary/aromatic N) is 1. The van der Waals surface area contributed by atoms with Crippen LogP contribution < -0.4 is 14.8 Å². The van der Waals surface area contributed by atoms with Crippen LogP contribution in [-0.4, -0.2) is 65.6 Å². The van der Waals surface area contributed by atoms with Gasteiger partial charge in [0, 0.05) is 30.0 Å².